The van der Waals surface area contributed by atoms with Gasteiger partial charge in [0, 0.05) is 50.5 Å². The van der Waals surface area contributed by atoms with Gasteiger partial charge < -0.3 is 0 Å². The molecule has 0 spiro atoms. The first-order valence-corrected chi connectivity index (χ1v) is 6.52. The summed E-state index contributed by atoms with van der Waals surface area (Å²) in [5.74, 6) is 0.399. The molecule has 2 aliphatic rings. The summed E-state index contributed by atoms with van der Waals surface area (Å²) in [6.07, 6.45) is 8.45. The third kappa shape index (κ3) is 2.81. The van der Waals surface area contributed by atoms with Crippen LogP contribution in [0, 0.1) is 0 Å². The maximum absolute atomic E-state index is 11.4. The van der Waals surface area contributed by atoms with Crippen molar-refractivity contribution in [3.63, 3.8) is 0 Å². The molecular weight excluding hydrogens is 228 g/mol. The first-order valence-electron chi connectivity index (χ1n) is 6.52. The second kappa shape index (κ2) is 5.38. The van der Waals surface area contributed by atoms with E-state index in [1.54, 1.807) is 12.2 Å². The van der Waals surface area contributed by atoms with Crippen LogP contribution in [0.3, 0.4) is 0 Å². The first-order chi connectivity index (χ1) is 8.58. The van der Waals surface area contributed by atoms with Crippen LogP contribution in [-0.4, -0.2) is 35.7 Å². The zero-order valence-corrected chi connectivity index (χ0v) is 11.1. The average molecular weight is 248 g/mol. The average Bonchev–Trinajstić information content (AvgIpc) is 2.37. The van der Waals surface area contributed by atoms with Crippen LogP contribution in [0.2, 0.25) is 0 Å². The highest BCUT2D eigenvalue weighted by Crippen LogP contribution is 2.24. The molecule has 0 radical (unpaired) electrons. The van der Waals surface area contributed by atoms with Gasteiger partial charge >= 0.3 is 0 Å². The Kier molecular flexibility index (Phi) is 3.84. The molecule has 4 heteroatoms. The molecule has 98 valence electrons. The van der Waals surface area contributed by atoms with E-state index >= 15 is 0 Å². The smallest absolute Gasteiger partial charge is 0.157 e. The van der Waals surface area contributed by atoms with Crippen molar-refractivity contribution in [3.8, 4) is 0 Å². The number of hydrazine groups is 1. The summed E-state index contributed by atoms with van der Waals surface area (Å²) < 4.78 is 0. The predicted molar refractivity (Wildman–Crippen MR) is 69.4 cm³/mol. The van der Waals surface area contributed by atoms with Gasteiger partial charge in [-0.1, -0.05) is 0 Å². The molecule has 0 aromatic carbocycles. The summed E-state index contributed by atoms with van der Waals surface area (Å²) in [5.41, 5.74) is 2.07. The molecule has 0 fully saturated rings. The molecule has 0 atom stereocenters. The molecule has 0 aromatic heterocycles. The van der Waals surface area contributed by atoms with Crippen molar-refractivity contribution in [2.45, 2.75) is 38.5 Å². The van der Waals surface area contributed by atoms with Gasteiger partial charge in [0.25, 0.3) is 0 Å². The Morgan fingerprint density at radius 2 is 1.17 bits per heavy atom. The summed E-state index contributed by atoms with van der Waals surface area (Å²) in [6.45, 7) is 0. The molecule has 0 saturated carbocycles. The van der Waals surface area contributed by atoms with Gasteiger partial charge in [-0.3, -0.25) is 19.6 Å². The Morgan fingerprint density at radius 1 is 0.778 bits per heavy atom. The van der Waals surface area contributed by atoms with Gasteiger partial charge in [-0.05, 0) is 25.7 Å². The molecule has 2 rings (SSSR count). The van der Waals surface area contributed by atoms with Gasteiger partial charge in [0.2, 0.25) is 0 Å². The number of ketones is 2. The number of allylic oxidation sites excluding steroid dienone is 4. The Morgan fingerprint density at radius 3 is 1.50 bits per heavy atom. The third-order valence-electron chi connectivity index (χ3n) is 3.65. The minimum absolute atomic E-state index is 0.199. The summed E-state index contributed by atoms with van der Waals surface area (Å²) in [5, 5.41) is 3.98. The maximum atomic E-state index is 11.4. The van der Waals surface area contributed by atoms with E-state index in [-0.39, 0.29) is 11.6 Å². The van der Waals surface area contributed by atoms with Crippen LogP contribution < -0.4 is 0 Å². The van der Waals surface area contributed by atoms with Gasteiger partial charge in [-0.2, -0.15) is 0 Å². The number of carbonyl (C=O) groups is 2. The molecule has 0 amide bonds. The molecule has 0 N–H and O–H groups in total. The van der Waals surface area contributed by atoms with E-state index in [2.05, 4.69) is 0 Å². The molecule has 0 bridgehead atoms. The number of carbonyl (C=O) groups excluding carboxylic acids is 2. The number of hydrogen-bond donors (Lipinski definition) is 0. The van der Waals surface area contributed by atoms with Crippen molar-refractivity contribution in [2.24, 2.45) is 0 Å². The van der Waals surface area contributed by atoms with E-state index in [1.165, 1.54) is 0 Å². The number of hydrogen-bond acceptors (Lipinski definition) is 4. The van der Waals surface area contributed by atoms with Crippen molar-refractivity contribution in [2.75, 3.05) is 14.1 Å². The highest BCUT2D eigenvalue weighted by molar-refractivity contribution is 5.91. The SMILES string of the molecule is CN(C1=CC(=O)CCC1)N(C)C1=CC(=O)CCC1. The van der Waals surface area contributed by atoms with Gasteiger partial charge in [-0.15, -0.1) is 0 Å². The highest BCUT2D eigenvalue weighted by atomic mass is 16.1. The van der Waals surface area contributed by atoms with Crippen LogP contribution in [0.1, 0.15) is 38.5 Å². The number of nitrogens with zero attached hydrogens (tertiary/aromatic N) is 2. The van der Waals surface area contributed by atoms with Gasteiger partial charge in [0.1, 0.15) is 0 Å². The molecule has 0 saturated heterocycles. The van der Waals surface area contributed by atoms with Crippen LogP contribution in [0.15, 0.2) is 23.5 Å². The van der Waals surface area contributed by atoms with Gasteiger partial charge in [0.05, 0.1) is 0 Å². The second-order valence-electron chi connectivity index (χ2n) is 4.96. The maximum Gasteiger partial charge on any atom is 0.157 e. The Balaban J connectivity index is 2.11. The van der Waals surface area contributed by atoms with Crippen LogP contribution >= 0.6 is 0 Å². The van der Waals surface area contributed by atoms with Crippen LogP contribution in [-0.2, 0) is 9.59 Å². The molecular formula is C14H20N2O2. The lowest BCUT2D eigenvalue weighted by molar-refractivity contribution is -0.116. The summed E-state index contributed by atoms with van der Waals surface area (Å²) in [7, 11) is 3.90. The predicted octanol–water partition coefficient (Wildman–Crippen LogP) is 2.04. The van der Waals surface area contributed by atoms with Crippen molar-refractivity contribution in [1.82, 2.24) is 10.0 Å². The fourth-order valence-corrected chi connectivity index (χ4v) is 2.44. The fraction of sp³-hybridized carbons (Fsp3) is 0.571. The van der Waals surface area contributed by atoms with E-state index in [0.717, 1.165) is 37.1 Å². The molecule has 0 aliphatic heterocycles. The number of rotatable bonds is 3. The van der Waals surface area contributed by atoms with Crippen LogP contribution in [0.25, 0.3) is 0 Å². The Hall–Kier alpha value is -1.58. The summed E-state index contributed by atoms with van der Waals surface area (Å²) in [6, 6.07) is 0. The lowest BCUT2D eigenvalue weighted by Crippen LogP contribution is -2.37. The monoisotopic (exact) mass is 248 g/mol. The van der Waals surface area contributed by atoms with Crippen molar-refractivity contribution < 1.29 is 9.59 Å². The van der Waals surface area contributed by atoms with Crippen molar-refractivity contribution in [1.29, 1.82) is 0 Å². The molecule has 18 heavy (non-hydrogen) atoms. The van der Waals surface area contributed by atoms with E-state index in [0.29, 0.717) is 12.8 Å². The lowest BCUT2D eigenvalue weighted by atomic mass is 10.0. The molecule has 2 aliphatic carbocycles. The highest BCUT2D eigenvalue weighted by Gasteiger charge is 2.20. The standard InChI is InChI=1S/C14H20N2O2/c1-15(11-5-3-7-13(17)9-11)16(2)12-6-4-8-14(18)10-12/h9-10H,3-8H2,1-2H3. The third-order valence-corrected chi connectivity index (χ3v) is 3.65. The van der Waals surface area contributed by atoms with E-state index < -0.39 is 0 Å². The van der Waals surface area contributed by atoms with Crippen LogP contribution in [0.4, 0.5) is 0 Å². The topological polar surface area (TPSA) is 40.6 Å². The Bertz CT molecular complexity index is 384. The molecule has 4 nitrogen and oxygen atoms in total. The van der Waals surface area contributed by atoms with Crippen LogP contribution in [0.5, 0.6) is 0 Å². The van der Waals surface area contributed by atoms with Gasteiger partial charge in [-0.25, -0.2) is 0 Å². The second-order valence-corrected chi connectivity index (χ2v) is 4.96. The van der Waals surface area contributed by atoms with Crippen molar-refractivity contribution >= 4 is 11.6 Å². The molecule has 0 aromatic rings. The lowest BCUT2D eigenvalue weighted by Gasteiger charge is -2.37. The van der Waals surface area contributed by atoms with E-state index in [4.69, 9.17) is 0 Å². The molecule has 0 heterocycles. The molecule has 0 unspecified atom stereocenters. The van der Waals surface area contributed by atoms with E-state index in [1.807, 2.05) is 24.1 Å². The van der Waals surface area contributed by atoms with E-state index in [9.17, 15) is 9.59 Å². The zero-order valence-electron chi connectivity index (χ0n) is 11.1. The van der Waals surface area contributed by atoms with Gasteiger partial charge in [0.15, 0.2) is 11.6 Å². The largest absolute Gasteiger partial charge is 0.295 e. The summed E-state index contributed by atoms with van der Waals surface area (Å²) in [4.78, 5) is 22.9. The summed E-state index contributed by atoms with van der Waals surface area (Å²) >= 11 is 0. The fourth-order valence-electron chi connectivity index (χ4n) is 2.44. The first kappa shape index (κ1) is 12.9. The zero-order chi connectivity index (χ0) is 13.1. The minimum Gasteiger partial charge on any atom is -0.295 e. The normalized spacial score (nSPS) is 20.3. The Labute approximate surface area is 108 Å². The quantitative estimate of drug-likeness (QED) is 0.717. The van der Waals surface area contributed by atoms with Crippen molar-refractivity contribution in [3.05, 3.63) is 23.5 Å². The minimum atomic E-state index is 0.199.